The van der Waals surface area contributed by atoms with E-state index in [1.807, 2.05) is 6.08 Å². The first-order valence-electron chi connectivity index (χ1n) is 12.7. The molecule has 2 heterocycles. The fourth-order valence-electron chi connectivity index (χ4n) is 6.14. The number of hydrogen-bond donors (Lipinski definition) is 4. The molecule has 3 aliphatic carbocycles. The average Bonchev–Trinajstić information content (AvgIpc) is 2.86. The van der Waals surface area contributed by atoms with Crippen LogP contribution in [0.4, 0.5) is 4.39 Å². The molecular formula is C25H35ClFN5O2. The largest absolute Gasteiger partial charge is 0.370 e. The lowest BCUT2D eigenvalue weighted by Gasteiger charge is -2.44. The molecule has 0 radical (unpaired) electrons. The number of nitrogens with zero attached hydrogens (tertiary/aromatic N) is 1. The molecule has 7 nitrogen and oxygen atoms in total. The quantitative estimate of drug-likeness (QED) is 0.263. The van der Waals surface area contributed by atoms with Gasteiger partial charge in [-0.05, 0) is 74.6 Å². The first-order valence-corrected chi connectivity index (χ1v) is 13.1. The van der Waals surface area contributed by atoms with Crippen LogP contribution >= 0.6 is 11.6 Å². The Morgan fingerprint density at radius 2 is 2.03 bits per heavy atom. The van der Waals surface area contributed by atoms with E-state index in [9.17, 15) is 14.5 Å². The molecule has 0 saturated carbocycles. The van der Waals surface area contributed by atoms with E-state index in [0.717, 1.165) is 58.0 Å². The van der Waals surface area contributed by atoms with Gasteiger partial charge >= 0.3 is 0 Å². The molecule has 0 saturated heterocycles. The number of nitrogens with one attached hydrogen (secondary N) is 4. The molecule has 0 aromatic heterocycles. The van der Waals surface area contributed by atoms with Crippen LogP contribution in [-0.2, 0) is 0 Å². The maximum atomic E-state index is 13.9. The zero-order valence-electron chi connectivity index (χ0n) is 19.5. The van der Waals surface area contributed by atoms with Crippen LogP contribution in [-0.4, -0.2) is 42.4 Å². The van der Waals surface area contributed by atoms with Crippen LogP contribution in [0.3, 0.4) is 0 Å². The molecule has 34 heavy (non-hydrogen) atoms. The Morgan fingerprint density at radius 3 is 2.79 bits per heavy atom. The number of halogens is 2. The van der Waals surface area contributed by atoms with E-state index >= 15 is 0 Å². The van der Waals surface area contributed by atoms with Crippen molar-refractivity contribution in [2.75, 3.05) is 13.1 Å². The second-order valence-electron chi connectivity index (χ2n) is 10.3. The lowest BCUT2D eigenvalue weighted by Crippen LogP contribution is -2.62. The van der Waals surface area contributed by atoms with Gasteiger partial charge < -0.3 is 10.6 Å². The summed E-state index contributed by atoms with van der Waals surface area (Å²) < 4.78 is 13.9. The van der Waals surface area contributed by atoms with Crippen LogP contribution in [0, 0.1) is 16.0 Å². The number of allylic oxidation sites excluding steroid dienone is 3. The lowest BCUT2D eigenvalue weighted by molar-refractivity contribution is -0.511. The van der Waals surface area contributed by atoms with Crippen LogP contribution in [0.15, 0.2) is 45.4 Å². The van der Waals surface area contributed by atoms with Gasteiger partial charge in [0.15, 0.2) is 0 Å². The SMILES string of the molecule is O=[N+]([O-])[C@H]1C=C(C2CCC3=C(C2)[C@@H](N[C@H]2CCC(F)=C(Cl)C2)N[C@@H](C2=CCCNC2)N3)CCC1. The Hall–Kier alpha value is -1.74. The normalized spacial score (nSPS) is 34.7. The monoisotopic (exact) mass is 491 g/mol. The summed E-state index contributed by atoms with van der Waals surface area (Å²) >= 11 is 6.17. The van der Waals surface area contributed by atoms with Crippen molar-refractivity contribution < 1.29 is 9.31 Å². The molecule has 5 atom stereocenters. The van der Waals surface area contributed by atoms with E-state index in [1.54, 1.807) is 0 Å². The van der Waals surface area contributed by atoms with Crippen molar-refractivity contribution in [2.45, 2.75) is 88.6 Å². The molecule has 0 bridgehead atoms. The zero-order chi connectivity index (χ0) is 23.7. The van der Waals surface area contributed by atoms with E-state index in [-0.39, 0.29) is 29.1 Å². The predicted molar refractivity (Wildman–Crippen MR) is 131 cm³/mol. The standard InChI is InChI=1S/C25H35ClFN5O2/c26-21-13-18(7-8-22(21)27)29-25-20-12-16(15-3-1-5-19(11-15)32(33)34)6-9-23(20)30-24(31-25)17-4-2-10-28-14-17/h4,11,16,18-19,24-25,28-31H,1-3,5-10,12-14H2/t16?,18-,19+,24-,25-/m0/s1. The number of rotatable bonds is 5. The summed E-state index contributed by atoms with van der Waals surface area (Å²) in [5.41, 5.74) is 5.18. The first kappa shape index (κ1) is 24.0. The molecule has 186 valence electrons. The topological polar surface area (TPSA) is 91.3 Å². The van der Waals surface area contributed by atoms with Crippen molar-refractivity contribution in [1.29, 1.82) is 0 Å². The van der Waals surface area contributed by atoms with Crippen molar-refractivity contribution in [3.63, 3.8) is 0 Å². The molecule has 0 fully saturated rings. The molecule has 0 spiro atoms. The summed E-state index contributed by atoms with van der Waals surface area (Å²) in [7, 11) is 0. The summed E-state index contributed by atoms with van der Waals surface area (Å²) in [5.74, 6) is 0.158. The van der Waals surface area contributed by atoms with Gasteiger partial charge in [-0.15, -0.1) is 0 Å². The third kappa shape index (κ3) is 5.25. The highest BCUT2D eigenvalue weighted by atomic mass is 35.5. The Bertz CT molecular complexity index is 946. The van der Waals surface area contributed by atoms with E-state index in [1.165, 1.54) is 22.4 Å². The summed E-state index contributed by atoms with van der Waals surface area (Å²) in [4.78, 5) is 11.2. The fraction of sp³-hybridized carbons (Fsp3) is 0.680. The summed E-state index contributed by atoms with van der Waals surface area (Å²) in [6.45, 7) is 1.87. The van der Waals surface area contributed by atoms with Gasteiger partial charge in [0.05, 0.1) is 11.2 Å². The molecule has 2 aliphatic heterocycles. The highest BCUT2D eigenvalue weighted by Crippen LogP contribution is 2.40. The third-order valence-electron chi connectivity index (χ3n) is 8.03. The third-order valence-corrected chi connectivity index (χ3v) is 8.39. The van der Waals surface area contributed by atoms with Gasteiger partial charge in [0, 0.05) is 42.5 Å². The molecule has 5 rings (SSSR count). The Labute approximate surface area is 205 Å². The van der Waals surface area contributed by atoms with E-state index in [2.05, 4.69) is 27.3 Å². The lowest BCUT2D eigenvalue weighted by atomic mass is 9.76. The molecule has 9 heteroatoms. The fourth-order valence-corrected chi connectivity index (χ4v) is 6.42. The second-order valence-corrected chi connectivity index (χ2v) is 10.7. The van der Waals surface area contributed by atoms with Crippen LogP contribution < -0.4 is 21.3 Å². The Balaban J connectivity index is 1.37. The summed E-state index contributed by atoms with van der Waals surface area (Å²) in [6.07, 6.45) is 12.2. The summed E-state index contributed by atoms with van der Waals surface area (Å²) in [5, 5.41) is 26.5. The zero-order valence-corrected chi connectivity index (χ0v) is 20.3. The van der Waals surface area contributed by atoms with Crippen molar-refractivity contribution in [3.8, 4) is 0 Å². The molecule has 0 amide bonds. The van der Waals surface area contributed by atoms with Gasteiger partial charge in [-0.2, -0.15) is 0 Å². The van der Waals surface area contributed by atoms with Crippen LogP contribution in [0.25, 0.3) is 0 Å². The minimum absolute atomic E-state index is 0.0296. The molecule has 4 N–H and O–H groups in total. The Kier molecular flexibility index (Phi) is 7.39. The van der Waals surface area contributed by atoms with Gasteiger partial charge in [-0.25, -0.2) is 4.39 Å². The summed E-state index contributed by atoms with van der Waals surface area (Å²) in [6, 6.07) is -0.430. The predicted octanol–water partition coefficient (Wildman–Crippen LogP) is 4.12. The van der Waals surface area contributed by atoms with Gasteiger partial charge in [-0.1, -0.05) is 23.3 Å². The van der Waals surface area contributed by atoms with Crippen LogP contribution in [0.5, 0.6) is 0 Å². The minimum atomic E-state index is -0.545. The van der Waals surface area contributed by atoms with Crippen molar-refractivity contribution in [3.05, 3.63) is 55.5 Å². The van der Waals surface area contributed by atoms with Gasteiger partial charge in [0.2, 0.25) is 6.04 Å². The first-order chi connectivity index (χ1) is 16.5. The minimum Gasteiger partial charge on any atom is -0.370 e. The van der Waals surface area contributed by atoms with E-state index in [0.29, 0.717) is 30.2 Å². The van der Waals surface area contributed by atoms with Gasteiger partial charge in [0.25, 0.3) is 0 Å². The average molecular weight is 492 g/mol. The van der Waals surface area contributed by atoms with Crippen LogP contribution in [0.1, 0.15) is 64.2 Å². The van der Waals surface area contributed by atoms with Gasteiger partial charge in [0.1, 0.15) is 12.0 Å². The smallest absolute Gasteiger partial charge is 0.231 e. The molecule has 0 aromatic rings. The molecule has 1 unspecified atom stereocenters. The maximum absolute atomic E-state index is 13.9. The van der Waals surface area contributed by atoms with E-state index < -0.39 is 6.04 Å². The van der Waals surface area contributed by atoms with Crippen LogP contribution in [0.2, 0.25) is 0 Å². The molecular weight excluding hydrogens is 457 g/mol. The maximum Gasteiger partial charge on any atom is 0.231 e. The van der Waals surface area contributed by atoms with Crippen molar-refractivity contribution in [2.24, 2.45) is 5.92 Å². The highest BCUT2D eigenvalue weighted by Gasteiger charge is 2.37. The molecule has 0 aromatic carbocycles. The molecule has 5 aliphatic rings. The van der Waals surface area contributed by atoms with Crippen molar-refractivity contribution in [1.82, 2.24) is 21.3 Å². The van der Waals surface area contributed by atoms with Gasteiger partial charge in [-0.3, -0.25) is 20.7 Å². The van der Waals surface area contributed by atoms with Crippen molar-refractivity contribution >= 4 is 11.6 Å². The second kappa shape index (κ2) is 10.5. The Morgan fingerprint density at radius 1 is 1.15 bits per heavy atom. The number of hydrogen-bond acceptors (Lipinski definition) is 6. The highest BCUT2D eigenvalue weighted by molar-refractivity contribution is 6.29. The van der Waals surface area contributed by atoms with E-state index in [4.69, 9.17) is 11.6 Å². The number of nitro groups is 1.